The molecule has 0 aliphatic rings. The Labute approximate surface area is 76.6 Å². The highest BCUT2D eigenvalue weighted by molar-refractivity contribution is 5.50. The molecular formula is C10H12O3. The molecule has 1 aromatic carbocycles. The van der Waals surface area contributed by atoms with Crippen molar-refractivity contribution in [2.24, 2.45) is 0 Å². The van der Waals surface area contributed by atoms with E-state index in [4.69, 9.17) is 5.11 Å². The minimum atomic E-state index is -0.623. The van der Waals surface area contributed by atoms with Gasteiger partial charge in [0.15, 0.2) is 0 Å². The van der Waals surface area contributed by atoms with Crippen molar-refractivity contribution < 1.29 is 15.0 Å². The van der Waals surface area contributed by atoms with Crippen LogP contribution in [0.25, 0.3) is 0 Å². The minimum absolute atomic E-state index is 0.154. The Bertz CT molecular complexity index is 266. The van der Waals surface area contributed by atoms with E-state index in [1.807, 2.05) is 0 Å². The number of aldehydes is 1. The second-order valence-corrected chi connectivity index (χ2v) is 2.93. The first-order valence-corrected chi connectivity index (χ1v) is 4.12. The highest BCUT2D eigenvalue weighted by atomic mass is 16.3. The maximum atomic E-state index is 10.1. The summed E-state index contributed by atoms with van der Waals surface area (Å²) in [5.74, 6) is 0.202. The standard InChI is InChI=1S/C10H12O3/c11-6-5-10(13)7-8-1-3-9(12)4-2-8/h1-4,6,10,12-13H,5,7H2/t10-/m0/s1. The van der Waals surface area contributed by atoms with Crippen LogP contribution in [0.3, 0.4) is 0 Å². The Hall–Kier alpha value is -1.35. The second-order valence-electron chi connectivity index (χ2n) is 2.93. The Balaban J connectivity index is 2.53. The van der Waals surface area contributed by atoms with Crippen LogP contribution < -0.4 is 0 Å². The molecule has 1 rings (SSSR count). The maximum absolute atomic E-state index is 10.1. The van der Waals surface area contributed by atoms with Gasteiger partial charge in [0.2, 0.25) is 0 Å². The predicted molar refractivity (Wildman–Crippen MR) is 48.5 cm³/mol. The Morgan fingerprint density at radius 1 is 1.31 bits per heavy atom. The number of rotatable bonds is 4. The summed E-state index contributed by atoms with van der Waals surface area (Å²) >= 11 is 0. The number of carbonyl (C=O) groups excluding carboxylic acids is 1. The number of carbonyl (C=O) groups is 1. The minimum Gasteiger partial charge on any atom is -0.508 e. The van der Waals surface area contributed by atoms with E-state index in [-0.39, 0.29) is 12.2 Å². The third-order valence-corrected chi connectivity index (χ3v) is 1.78. The second kappa shape index (κ2) is 4.62. The fraction of sp³-hybridized carbons (Fsp3) is 0.300. The zero-order chi connectivity index (χ0) is 9.68. The Morgan fingerprint density at radius 3 is 2.46 bits per heavy atom. The molecule has 0 aromatic heterocycles. The molecule has 0 bridgehead atoms. The highest BCUT2D eigenvalue weighted by Crippen LogP contribution is 2.11. The third-order valence-electron chi connectivity index (χ3n) is 1.78. The normalized spacial score (nSPS) is 12.4. The summed E-state index contributed by atoms with van der Waals surface area (Å²) in [5, 5.41) is 18.3. The maximum Gasteiger partial charge on any atom is 0.122 e. The summed E-state index contributed by atoms with van der Waals surface area (Å²) in [5.41, 5.74) is 0.909. The topological polar surface area (TPSA) is 57.5 Å². The van der Waals surface area contributed by atoms with Crippen LogP contribution in [0.15, 0.2) is 24.3 Å². The molecule has 0 heterocycles. The van der Waals surface area contributed by atoms with E-state index in [1.165, 1.54) is 0 Å². The summed E-state index contributed by atoms with van der Waals surface area (Å²) in [6, 6.07) is 6.57. The molecule has 1 atom stereocenters. The van der Waals surface area contributed by atoms with Crippen molar-refractivity contribution in [2.45, 2.75) is 18.9 Å². The van der Waals surface area contributed by atoms with E-state index in [2.05, 4.69) is 0 Å². The third kappa shape index (κ3) is 3.25. The average Bonchev–Trinajstić information content (AvgIpc) is 2.09. The van der Waals surface area contributed by atoms with Gasteiger partial charge in [0.25, 0.3) is 0 Å². The number of aromatic hydroxyl groups is 1. The first kappa shape index (κ1) is 9.74. The van der Waals surface area contributed by atoms with Crippen LogP contribution >= 0.6 is 0 Å². The van der Waals surface area contributed by atoms with Gasteiger partial charge in [-0.05, 0) is 24.1 Å². The summed E-state index contributed by atoms with van der Waals surface area (Å²) in [6.07, 6.45) is 0.673. The van der Waals surface area contributed by atoms with E-state index in [0.29, 0.717) is 12.7 Å². The van der Waals surface area contributed by atoms with Gasteiger partial charge in [-0.25, -0.2) is 0 Å². The van der Waals surface area contributed by atoms with Gasteiger partial charge in [0.1, 0.15) is 12.0 Å². The fourth-order valence-electron chi connectivity index (χ4n) is 1.10. The smallest absolute Gasteiger partial charge is 0.122 e. The van der Waals surface area contributed by atoms with E-state index in [0.717, 1.165) is 5.56 Å². The van der Waals surface area contributed by atoms with Crippen molar-refractivity contribution >= 4 is 6.29 Å². The van der Waals surface area contributed by atoms with Gasteiger partial charge in [0, 0.05) is 6.42 Å². The van der Waals surface area contributed by atoms with Crippen LogP contribution in [0, 0.1) is 0 Å². The van der Waals surface area contributed by atoms with Crippen LogP contribution in [0.5, 0.6) is 5.75 Å². The molecule has 0 saturated carbocycles. The van der Waals surface area contributed by atoms with Crippen molar-refractivity contribution in [3.8, 4) is 5.75 Å². The molecule has 0 aliphatic heterocycles. The molecule has 0 saturated heterocycles. The van der Waals surface area contributed by atoms with Crippen LogP contribution in [0.1, 0.15) is 12.0 Å². The Morgan fingerprint density at radius 2 is 1.92 bits per heavy atom. The number of aliphatic hydroxyl groups excluding tert-OH is 1. The van der Waals surface area contributed by atoms with Crippen molar-refractivity contribution in [3.63, 3.8) is 0 Å². The number of hydrogen-bond acceptors (Lipinski definition) is 3. The molecule has 3 nitrogen and oxygen atoms in total. The highest BCUT2D eigenvalue weighted by Gasteiger charge is 2.03. The summed E-state index contributed by atoms with van der Waals surface area (Å²) < 4.78 is 0. The summed E-state index contributed by atoms with van der Waals surface area (Å²) in [6.45, 7) is 0. The van der Waals surface area contributed by atoms with Crippen molar-refractivity contribution in [1.29, 1.82) is 0 Å². The lowest BCUT2D eigenvalue weighted by Gasteiger charge is -2.06. The van der Waals surface area contributed by atoms with Gasteiger partial charge in [-0.2, -0.15) is 0 Å². The number of phenols is 1. The van der Waals surface area contributed by atoms with Crippen molar-refractivity contribution in [2.75, 3.05) is 0 Å². The molecule has 0 unspecified atom stereocenters. The molecule has 0 fully saturated rings. The molecule has 13 heavy (non-hydrogen) atoms. The molecule has 0 spiro atoms. The van der Waals surface area contributed by atoms with Crippen LogP contribution in [-0.2, 0) is 11.2 Å². The average molecular weight is 180 g/mol. The molecule has 3 heteroatoms. The zero-order valence-corrected chi connectivity index (χ0v) is 7.18. The van der Waals surface area contributed by atoms with Gasteiger partial charge >= 0.3 is 0 Å². The van der Waals surface area contributed by atoms with Gasteiger partial charge in [-0.15, -0.1) is 0 Å². The SMILES string of the molecule is O=CC[C@H](O)Cc1ccc(O)cc1. The zero-order valence-electron chi connectivity index (χ0n) is 7.18. The van der Waals surface area contributed by atoms with Crippen LogP contribution in [0.2, 0.25) is 0 Å². The van der Waals surface area contributed by atoms with Crippen LogP contribution in [0.4, 0.5) is 0 Å². The van der Waals surface area contributed by atoms with Crippen molar-refractivity contribution in [1.82, 2.24) is 0 Å². The Kier molecular flexibility index (Phi) is 3.46. The molecule has 0 aliphatic carbocycles. The lowest BCUT2D eigenvalue weighted by atomic mass is 10.1. The lowest BCUT2D eigenvalue weighted by Crippen LogP contribution is -2.10. The first-order valence-electron chi connectivity index (χ1n) is 4.12. The number of hydrogen-bond donors (Lipinski definition) is 2. The quantitative estimate of drug-likeness (QED) is 0.676. The molecule has 0 amide bonds. The first-order chi connectivity index (χ1) is 6.22. The van der Waals surface area contributed by atoms with E-state index in [1.54, 1.807) is 24.3 Å². The van der Waals surface area contributed by atoms with Gasteiger partial charge < -0.3 is 15.0 Å². The molecule has 1 aromatic rings. The largest absolute Gasteiger partial charge is 0.508 e. The fourth-order valence-corrected chi connectivity index (χ4v) is 1.10. The molecule has 2 N–H and O–H groups in total. The van der Waals surface area contributed by atoms with E-state index in [9.17, 15) is 9.90 Å². The number of benzene rings is 1. The molecular weight excluding hydrogens is 168 g/mol. The van der Waals surface area contributed by atoms with Gasteiger partial charge in [-0.3, -0.25) is 0 Å². The summed E-state index contributed by atoms with van der Waals surface area (Å²) in [7, 11) is 0. The van der Waals surface area contributed by atoms with Gasteiger partial charge in [-0.1, -0.05) is 12.1 Å². The molecule has 70 valence electrons. The van der Waals surface area contributed by atoms with E-state index < -0.39 is 6.10 Å². The predicted octanol–water partition coefficient (Wildman–Crippen LogP) is 0.885. The van der Waals surface area contributed by atoms with Crippen LogP contribution in [-0.4, -0.2) is 22.6 Å². The summed E-state index contributed by atoms with van der Waals surface area (Å²) in [4.78, 5) is 10.1. The monoisotopic (exact) mass is 180 g/mol. The van der Waals surface area contributed by atoms with Crippen molar-refractivity contribution in [3.05, 3.63) is 29.8 Å². The lowest BCUT2D eigenvalue weighted by molar-refractivity contribution is -0.109. The molecule has 0 radical (unpaired) electrons. The number of phenolic OH excluding ortho intramolecular Hbond substituents is 1. The van der Waals surface area contributed by atoms with E-state index >= 15 is 0 Å². The van der Waals surface area contributed by atoms with Gasteiger partial charge in [0.05, 0.1) is 6.10 Å². The number of aliphatic hydroxyl groups is 1.